The molecule has 0 spiro atoms. The van der Waals surface area contributed by atoms with Gasteiger partial charge in [-0.25, -0.2) is 8.78 Å². The molecule has 1 saturated heterocycles. The largest absolute Gasteiger partial charge is 0.320 e. The van der Waals surface area contributed by atoms with Crippen LogP contribution >= 0.6 is 0 Å². The number of nitrogens with zero attached hydrogens (tertiary/aromatic N) is 1. The van der Waals surface area contributed by atoms with Gasteiger partial charge in [0.15, 0.2) is 11.6 Å². The first kappa shape index (κ1) is 13.9. The number of rotatable bonds is 1. The second kappa shape index (κ2) is 5.20. The molecule has 0 unspecified atom stereocenters. The second-order valence-corrected chi connectivity index (χ2v) is 4.16. The number of hydrogen-bond donors (Lipinski definition) is 1. The number of hydrogen-bond acceptors (Lipinski definition) is 3. The fourth-order valence-corrected chi connectivity index (χ4v) is 1.74. The van der Waals surface area contributed by atoms with Gasteiger partial charge in [-0.05, 0) is 12.1 Å². The molecule has 104 valence electrons. The number of carbonyl (C=O) groups is 3. The normalized spacial score (nSPS) is 17.4. The summed E-state index contributed by atoms with van der Waals surface area (Å²) < 4.78 is 26.6. The van der Waals surface area contributed by atoms with E-state index in [0.29, 0.717) is 0 Å². The monoisotopic (exact) mass is 280 g/mol. The average Bonchev–Trinajstić information content (AvgIpc) is 2.38. The molecule has 2 rings (SSSR count). The lowest BCUT2D eigenvalue weighted by Gasteiger charge is -2.25. The number of carbonyl (C=O) groups excluding carboxylic acids is 3. The molecule has 1 aromatic carbocycles. The summed E-state index contributed by atoms with van der Waals surface area (Å²) in [5.41, 5.74) is -0.472. The van der Waals surface area contributed by atoms with E-state index >= 15 is 0 Å². The molecule has 5 nitrogen and oxygen atoms in total. The molecule has 0 bridgehead atoms. The van der Waals surface area contributed by atoms with Crippen molar-refractivity contribution >= 4 is 23.8 Å². The van der Waals surface area contributed by atoms with Crippen LogP contribution in [0.15, 0.2) is 23.9 Å². The van der Waals surface area contributed by atoms with Gasteiger partial charge in [0.2, 0.25) is 11.8 Å². The van der Waals surface area contributed by atoms with Crippen molar-refractivity contribution in [3.8, 4) is 0 Å². The van der Waals surface area contributed by atoms with E-state index in [1.165, 1.54) is 12.1 Å². The fourth-order valence-electron chi connectivity index (χ4n) is 1.74. The second-order valence-electron chi connectivity index (χ2n) is 4.16. The zero-order valence-corrected chi connectivity index (χ0v) is 10.4. The van der Waals surface area contributed by atoms with E-state index in [9.17, 15) is 23.2 Å². The van der Waals surface area contributed by atoms with Crippen LogP contribution in [-0.2, 0) is 14.4 Å². The number of amides is 3. The zero-order valence-electron chi connectivity index (χ0n) is 10.4. The van der Waals surface area contributed by atoms with Crippen LogP contribution in [0, 0.1) is 11.6 Å². The maximum atomic E-state index is 13.5. The quantitative estimate of drug-likeness (QED) is 0.774. The third kappa shape index (κ3) is 2.56. The van der Waals surface area contributed by atoms with Gasteiger partial charge in [-0.2, -0.15) is 0 Å². The number of nitrogens with one attached hydrogen (secondary N) is 1. The number of halogens is 2. The van der Waals surface area contributed by atoms with Gasteiger partial charge >= 0.3 is 0 Å². The Morgan fingerprint density at radius 3 is 2.70 bits per heavy atom. The van der Waals surface area contributed by atoms with E-state index in [-0.39, 0.29) is 11.3 Å². The summed E-state index contributed by atoms with van der Waals surface area (Å²) in [5.74, 6) is -4.15. The van der Waals surface area contributed by atoms with E-state index in [0.717, 1.165) is 24.0 Å². The molecule has 0 saturated carbocycles. The molecule has 1 aromatic rings. The van der Waals surface area contributed by atoms with Crippen LogP contribution in [0.4, 0.5) is 8.78 Å². The van der Waals surface area contributed by atoms with Crippen molar-refractivity contribution in [2.45, 2.75) is 6.92 Å². The van der Waals surface area contributed by atoms with E-state index in [4.69, 9.17) is 0 Å². The average molecular weight is 280 g/mol. The van der Waals surface area contributed by atoms with Crippen LogP contribution in [0.3, 0.4) is 0 Å². The van der Waals surface area contributed by atoms with Crippen LogP contribution < -0.4 is 5.32 Å². The summed E-state index contributed by atoms with van der Waals surface area (Å²) in [6, 6.07) is 3.45. The van der Waals surface area contributed by atoms with Crippen molar-refractivity contribution in [2.24, 2.45) is 0 Å². The van der Waals surface area contributed by atoms with Gasteiger partial charge in [0.1, 0.15) is 12.2 Å². The Kier molecular flexibility index (Phi) is 3.60. The van der Waals surface area contributed by atoms with Gasteiger partial charge < -0.3 is 5.32 Å². The summed E-state index contributed by atoms with van der Waals surface area (Å²) >= 11 is 0. The Labute approximate surface area is 112 Å². The predicted octanol–water partition coefficient (Wildman–Crippen LogP) is 0.811. The number of imide groups is 1. The molecule has 1 aliphatic heterocycles. The molecule has 0 atom stereocenters. The Morgan fingerprint density at radius 1 is 1.35 bits per heavy atom. The van der Waals surface area contributed by atoms with Gasteiger partial charge in [-0.15, -0.1) is 0 Å². The highest BCUT2D eigenvalue weighted by atomic mass is 19.2. The third-order valence-corrected chi connectivity index (χ3v) is 2.71. The molecule has 1 aliphatic rings. The lowest BCUT2D eigenvalue weighted by Crippen LogP contribution is -2.51. The van der Waals surface area contributed by atoms with Crippen molar-refractivity contribution in [3.05, 3.63) is 41.1 Å². The van der Waals surface area contributed by atoms with Crippen molar-refractivity contribution < 1.29 is 23.2 Å². The van der Waals surface area contributed by atoms with E-state index in [2.05, 4.69) is 5.32 Å². The van der Waals surface area contributed by atoms with Crippen LogP contribution in [0.25, 0.3) is 6.08 Å². The Bertz CT molecular complexity index is 641. The number of benzene rings is 1. The van der Waals surface area contributed by atoms with Gasteiger partial charge in [-0.3, -0.25) is 19.3 Å². The molecular weight excluding hydrogens is 270 g/mol. The van der Waals surface area contributed by atoms with Crippen LogP contribution in [0.2, 0.25) is 0 Å². The van der Waals surface area contributed by atoms with Crippen molar-refractivity contribution in [1.82, 2.24) is 10.2 Å². The molecule has 0 radical (unpaired) electrons. The van der Waals surface area contributed by atoms with Gasteiger partial charge in [0, 0.05) is 12.5 Å². The molecule has 1 N–H and O–H groups in total. The van der Waals surface area contributed by atoms with Crippen molar-refractivity contribution in [1.29, 1.82) is 0 Å². The van der Waals surface area contributed by atoms with Crippen molar-refractivity contribution in [2.75, 3.05) is 6.54 Å². The summed E-state index contributed by atoms with van der Waals surface area (Å²) in [6.07, 6.45) is 0.994. The first-order valence-electron chi connectivity index (χ1n) is 5.68. The lowest BCUT2D eigenvalue weighted by atomic mass is 10.1. The highest BCUT2D eigenvalue weighted by molar-refractivity contribution is 6.12. The molecule has 1 heterocycles. The van der Waals surface area contributed by atoms with Gasteiger partial charge in [-0.1, -0.05) is 12.1 Å². The van der Waals surface area contributed by atoms with Crippen molar-refractivity contribution in [3.63, 3.8) is 0 Å². The summed E-state index contributed by atoms with van der Waals surface area (Å²) in [5, 5.41) is 2.24. The Morgan fingerprint density at radius 2 is 2.05 bits per heavy atom. The summed E-state index contributed by atoms with van der Waals surface area (Å²) in [7, 11) is 0. The topological polar surface area (TPSA) is 66.5 Å². The van der Waals surface area contributed by atoms with Gasteiger partial charge in [0.05, 0.1) is 0 Å². The minimum Gasteiger partial charge on any atom is -0.320 e. The smallest absolute Gasteiger partial charge is 0.277 e. The molecule has 7 heteroatoms. The first-order valence-corrected chi connectivity index (χ1v) is 5.68. The van der Waals surface area contributed by atoms with E-state index < -0.39 is 35.9 Å². The van der Waals surface area contributed by atoms with Gasteiger partial charge in [0.25, 0.3) is 5.91 Å². The standard InChI is InChI=1S/C13H10F2N2O3/c1-7(18)17-6-11(19)16-10(13(17)20)5-8-3-2-4-9(14)12(8)15/h2-5H,6H2,1H3,(H,16,19)/b10-5-. The molecule has 3 amide bonds. The highest BCUT2D eigenvalue weighted by Crippen LogP contribution is 2.16. The maximum absolute atomic E-state index is 13.5. The minimum atomic E-state index is -1.14. The Balaban J connectivity index is 2.42. The predicted molar refractivity (Wildman–Crippen MR) is 64.9 cm³/mol. The molecule has 1 fully saturated rings. The number of piperazine rings is 1. The highest BCUT2D eigenvalue weighted by Gasteiger charge is 2.30. The summed E-state index contributed by atoms with van der Waals surface area (Å²) in [4.78, 5) is 35.3. The van der Waals surface area contributed by atoms with Crippen LogP contribution in [0.5, 0.6) is 0 Å². The first-order chi connectivity index (χ1) is 9.40. The fraction of sp³-hybridized carbons (Fsp3) is 0.154. The third-order valence-electron chi connectivity index (χ3n) is 2.71. The van der Waals surface area contributed by atoms with Crippen LogP contribution in [-0.4, -0.2) is 29.2 Å². The maximum Gasteiger partial charge on any atom is 0.277 e. The summed E-state index contributed by atoms with van der Waals surface area (Å²) in [6.45, 7) is 0.744. The zero-order chi connectivity index (χ0) is 14.9. The molecular formula is C13H10F2N2O3. The van der Waals surface area contributed by atoms with E-state index in [1.54, 1.807) is 0 Å². The van der Waals surface area contributed by atoms with E-state index in [1.807, 2.05) is 0 Å². The Hall–Kier alpha value is -2.57. The molecule has 0 aliphatic carbocycles. The lowest BCUT2D eigenvalue weighted by molar-refractivity contribution is -0.147. The SMILES string of the molecule is CC(=O)N1CC(=O)N/C(=C\c2cccc(F)c2F)C1=O. The van der Waals surface area contributed by atoms with Crippen LogP contribution in [0.1, 0.15) is 12.5 Å². The minimum absolute atomic E-state index is 0.195. The molecule has 20 heavy (non-hydrogen) atoms. The molecule has 0 aromatic heterocycles.